The van der Waals surface area contributed by atoms with Gasteiger partial charge in [0.2, 0.25) is 0 Å². The summed E-state index contributed by atoms with van der Waals surface area (Å²) in [6.07, 6.45) is 2.77. The number of rotatable bonds is 1. The third-order valence-corrected chi connectivity index (χ3v) is 1.78. The van der Waals surface area contributed by atoms with Gasteiger partial charge in [-0.3, -0.25) is 0 Å². The van der Waals surface area contributed by atoms with Crippen molar-refractivity contribution in [3.05, 3.63) is 0 Å². The van der Waals surface area contributed by atoms with Crippen LogP contribution in [0, 0.1) is 5.92 Å². The van der Waals surface area contributed by atoms with E-state index in [1.807, 2.05) is 7.05 Å². The molecule has 1 N–H and O–H groups in total. The SMILES string of the molecule is CN[C@H]1C[C@H](C)C1. The summed E-state index contributed by atoms with van der Waals surface area (Å²) in [5.74, 6) is 0.984. The van der Waals surface area contributed by atoms with Crippen LogP contribution in [0.1, 0.15) is 19.8 Å². The third-order valence-electron chi connectivity index (χ3n) is 1.78. The van der Waals surface area contributed by atoms with Gasteiger partial charge in [0, 0.05) is 6.04 Å². The van der Waals surface area contributed by atoms with Gasteiger partial charge < -0.3 is 5.32 Å². The van der Waals surface area contributed by atoms with Crippen LogP contribution in [0.15, 0.2) is 0 Å². The summed E-state index contributed by atoms with van der Waals surface area (Å²) in [4.78, 5) is 0. The van der Waals surface area contributed by atoms with Gasteiger partial charge >= 0.3 is 0 Å². The van der Waals surface area contributed by atoms with E-state index in [1.165, 1.54) is 12.8 Å². The molecule has 1 rings (SSSR count). The van der Waals surface area contributed by atoms with Gasteiger partial charge in [-0.15, -0.1) is 0 Å². The minimum atomic E-state index is 0.843. The second-order valence-corrected chi connectivity index (χ2v) is 2.56. The fourth-order valence-corrected chi connectivity index (χ4v) is 1.14. The smallest absolute Gasteiger partial charge is 0.00691 e. The molecule has 1 aliphatic carbocycles. The van der Waals surface area contributed by atoms with Crippen LogP contribution in [-0.2, 0) is 0 Å². The molecule has 0 unspecified atom stereocenters. The molecule has 0 heterocycles. The lowest BCUT2D eigenvalue weighted by molar-refractivity contribution is 0.254. The van der Waals surface area contributed by atoms with E-state index in [1.54, 1.807) is 0 Å². The van der Waals surface area contributed by atoms with Crippen molar-refractivity contribution in [1.82, 2.24) is 5.32 Å². The summed E-state index contributed by atoms with van der Waals surface area (Å²) in [7, 11) is 2.04. The van der Waals surface area contributed by atoms with Crippen molar-refractivity contribution < 1.29 is 0 Å². The molecule has 1 fully saturated rings. The highest BCUT2D eigenvalue weighted by Gasteiger charge is 2.22. The molecule has 7 heavy (non-hydrogen) atoms. The minimum Gasteiger partial charge on any atom is -0.317 e. The van der Waals surface area contributed by atoms with Crippen molar-refractivity contribution in [2.75, 3.05) is 7.05 Å². The fraction of sp³-hybridized carbons (Fsp3) is 1.00. The monoisotopic (exact) mass is 99.1 g/mol. The van der Waals surface area contributed by atoms with Crippen molar-refractivity contribution in [2.45, 2.75) is 25.8 Å². The summed E-state index contributed by atoms with van der Waals surface area (Å²) in [5, 5.41) is 3.23. The Kier molecular flexibility index (Phi) is 1.33. The van der Waals surface area contributed by atoms with Crippen molar-refractivity contribution >= 4 is 0 Å². The molecule has 0 saturated heterocycles. The van der Waals surface area contributed by atoms with E-state index in [2.05, 4.69) is 12.2 Å². The Bertz CT molecular complexity index is 55.2. The van der Waals surface area contributed by atoms with Gasteiger partial charge in [0.1, 0.15) is 0 Å². The Hall–Kier alpha value is -0.0400. The number of nitrogens with one attached hydrogen (secondary N) is 1. The lowest BCUT2D eigenvalue weighted by Crippen LogP contribution is -2.37. The zero-order valence-electron chi connectivity index (χ0n) is 5.07. The van der Waals surface area contributed by atoms with Gasteiger partial charge in [0.25, 0.3) is 0 Å². The van der Waals surface area contributed by atoms with E-state index in [4.69, 9.17) is 0 Å². The highest BCUT2D eigenvalue weighted by Crippen LogP contribution is 2.25. The summed E-state index contributed by atoms with van der Waals surface area (Å²) in [6.45, 7) is 2.30. The van der Waals surface area contributed by atoms with Crippen LogP contribution in [0.3, 0.4) is 0 Å². The van der Waals surface area contributed by atoms with Crippen LogP contribution < -0.4 is 5.32 Å². The molecule has 0 bridgehead atoms. The molecular formula is C6H13N. The van der Waals surface area contributed by atoms with Crippen LogP contribution in [-0.4, -0.2) is 13.1 Å². The fourth-order valence-electron chi connectivity index (χ4n) is 1.14. The molecule has 42 valence electrons. The number of hydrogen-bond acceptors (Lipinski definition) is 1. The zero-order chi connectivity index (χ0) is 5.28. The van der Waals surface area contributed by atoms with E-state index in [0.717, 1.165) is 12.0 Å². The molecule has 0 aromatic carbocycles. The van der Waals surface area contributed by atoms with E-state index in [-0.39, 0.29) is 0 Å². The Morgan fingerprint density at radius 3 is 2.14 bits per heavy atom. The van der Waals surface area contributed by atoms with Gasteiger partial charge in [-0.1, -0.05) is 6.92 Å². The van der Waals surface area contributed by atoms with Gasteiger partial charge in [0.05, 0.1) is 0 Å². The largest absolute Gasteiger partial charge is 0.317 e. The van der Waals surface area contributed by atoms with Crippen LogP contribution in [0.5, 0.6) is 0 Å². The summed E-state index contributed by atoms with van der Waals surface area (Å²) in [6, 6.07) is 0.843. The minimum absolute atomic E-state index is 0.843. The Morgan fingerprint density at radius 1 is 1.43 bits per heavy atom. The molecule has 0 spiro atoms. The van der Waals surface area contributed by atoms with Gasteiger partial charge in [-0.2, -0.15) is 0 Å². The first-order chi connectivity index (χ1) is 3.33. The van der Waals surface area contributed by atoms with Gasteiger partial charge in [0.15, 0.2) is 0 Å². The van der Waals surface area contributed by atoms with Gasteiger partial charge in [-0.25, -0.2) is 0 Å². The van der Waals surface area contributed by atoms with Crippen molar-refractivity contribution in [3.63, 3.8) is 0 Å². The Morgan fingerprint density at radius 2 is 2.00 bits per heavy atom. The van der Waals surface area contributed by atoms with Crippen LogP contribution in [0.4, 0.5) is 0 Å². The molecule has 1 aliphatic rings. The molecule has 1 saturated carbocycles. The molecule has 0 aromatic heterocycles. The topological polar surface area (TPSA) is 12.0 Å². The summed E-state index contributed by atoms with van der Waals surface area (Å²) < 4.78 is 0. The average Bonchev–Trinajstić information content (AvgIpc) is 1.58. The van der Waals surface area contributed by atoms with E-state index in [9.17, 15) is 0 Å². The average molecular weight is 99.2 g/mol. The molecule has 0 aliphatic heterocycles. The molecule has 0 atom stereocenters. The Labute approximate surface area is 45.1 Å². The van der Waals surface area contributed by atoms with E-state index in [0.29, 0.717) is 0 Å². The Balaban J connectivity index is 2.06. The lowest BCUT2D eigenvalue weighted by Gasteiger charge is -2.31. The maximum Gasteiger partial charge on any atom is 0.00691 e. The van der Waals surface area contributed by atoms with E-state index >= 15 is 0 Å². The second kappa shape index (κ2) is 1.83. The first-order valence-electron chi connectivity index (χ1n) is 3.00. The molecule has 0 aromatic rings. The zero-order valence-corrected chi connectivity index (χ0v) is 5.07. The number of hydrogen-bond donors (Lipinski definition) is 1. The highest BCUT2D eigenvalue weighted by molar-refractivity contribution is 4.80. The second-order valence-electron chi connectivity index (χ2n) is 2.56. The first-order valence-corrected chi connectivity index (χ1v) is 3.00. The quantitative estimate of drug-likeness (QED) is 0.517. The first kappa shape index (κ1) is 5.10. The molecule has 0 radical (unpaired) electrons. The van der Waals surface area contributed by atoms with Crippen molar-refractivity contribution in [3.8, 4) is 0 Å². The van der Waals surface area contributed by atoms with Crippen molar-refractivity contribution in [2.24, 2.45) is 5.92 Å². The molecule has 1 nitrogen and oxygen atoms in total. The highest BCUT2D eigenvalue weighted by atomic mass is 14.9. The lowest BCUT2D eigenvalue weighted by atomic mass is 9.82. The predicted molar refractivity (Wildman–Crippen MR) is 31.2 cm³/mol. The van der Waals surface area contributed by atoms with Gasteiger partial charge in [-0.05, 0) is 25.8 Å². The van der Waals surface area contributed by atoms with Crippen LogP contribution >= 0.6 is 0 Å². The molecular weight excluding hydrogens is 86.1 g/mol. The van der Waals surface area contributed by atoms with Crippen LogP contribution in [0.2, 0.25) is 0 Å². The maximum absolute atomic E-state index is 3.23. The molecule has 0 amide bonds. The summed E-state index contributed by atoms with van der Waals surface area (Å²) in [5.41, 5.74) is 0. The van der Waals surface area contributed by atoms with Crippen molar-refractivity contribution in [1.29, 1.82) is 0 Å². The normalized spacial score (nSPS) is 40.3. The standard InChI is InChI=1S/C6H13N/c1-5-3-6(4-5)7-2/h5-7H,3-4H2,1-2H3/t5-,6-. The molecule has 1 heteroatoms. The maximum atomic E-state index is 3.23. The summed E-state index contributed by atoms with van der Waals surface area (Å²) >= 11 is 0. The third kappa shape index (κ3) is 0.942. The predicted octanol–water partition coefficient (Wildman–Crippen LogP) is 1.00. The van der Waals surface area contributed by atoms with E-state index < -0.39 is 0 Å². The van der Waals surface area contributed by atoms with Crippen LogP contribution in [0.25, 0.3) is 0 Å².